The summed E-state index contributed by atoms with van der Waals surface area (Å²) in [7, 11) is 0. The predicted octanol–water partition coefficient (Wildman–Crippen LogP) is 4.67. The van der Waals surface area contributed by atoms with Crippen LogP contribution < -0.4 is 5.32 Å². The summed E-state index contributed by atoms with van der Waals surface area (Å²) in [5.74, 6) is -3.45. The van der Waals surface area contributed by atoms with Crippen LogP contribution in [0.5, 0.6) is 0 Å². The maximum absolute atomic E-state index is 14.2. The summed E-state index contributed by atoms with van der Waals surface area (Å²) in [5, 5.41) is 10.8. The zero-order valence-electron chi connectivity index (χ0n) is 15.2. The summed E-state index contributed by atoms with van der Waals surface area (Å²) >= 11 is 1.05. The Bertz CT molecular complexity index is 754. The molecule has 0 fully saturated rings. The highest BCUT2D eigenvalue weighted by Gasteiger charge is 2.31. The number of benzene rings is 1. The highest BCUT2D eigenvalue weighted by atomic mass is 32.2. The van der Waals surface area contributed by atoms with E-state index in [1.807, 2.05) is 0 Å². The molecule has 0 spiro atoms. The number of thioether (sulfide) groups is 1. The Morgan fingerprint density at radius 2 is 1.93 bits per heavy atom. The monoisotopic (exact) mass is 397 g/mol. The van der Waals surface area contributed by atoms with E-state index in [0.29, 0.717) is 23.1 Å². The van der Waals surface area contributed by atoms with Crippen molar-refractivity contribution in [3.8, 4) is 0 Å². The van der Waals surface area contributed by atoms with Crippen LogP contribution in [0.4, 0.5) is 13.2 Å². The molecule has 1 N–H and O–H groups in total. The number of nitrogens with zero attached hydrogens (tertiary/aromatic N) is 2. The molecular weight excluding hydrogens is 375 g/mol. The molecule has 0 saturated heterocycles. The molecule has 2 aromatic rings. The molecule has 0 saturated carbocycles. The summed E-state index contributed by atoms with van der Waals surface area (Å²) in [6, 6.07) is 5.71. The van der Waals surface area contributed by atoms with Crippen molar-refractivity contribution < 1.29 is 18.0 Å². The molecule has 4 nitrogen and oxygen atoms in total. The highest BCUT2D eigenvalue weighted by Crippen LogP contribution is 2.34. The van der Waals surface area contributed by atoms with E-state index in [0.717, 1.165) is 42.4 Å². The van der Waals surface area contributed by atoms with Crippen LogP contribution in [0.3, 0.4) is 0 Å². The van der Waals surface area contributed by atoms with E-state index in [9.17, 15) is 18.0 Å². The lowest BCUT2D eigenvalue weighted by atomic mass is 10.1. The van der Waals surface area contributed by atoms with Crippen molar-refractivity contribution in [3.63, 3.8) is 0 Å². The van der Waals surface area contributed by atoms with Gasteiger partial charge in [-0.05, 0) is 30.5 Å². The number of nitrogens with one attached hydrogen (secondary N) is 1. The maximum Gasteiger partial charge on any atom is 0.274 e. The van der Waals surface area contributed by atoms with Gasteiger partial charge in [0.1, 0.15) is 10.8 Å². The Balaban J connectivity index is 1.95. The normalized spacial score (nSPS) is 11.6. The SMILES string of the molecule is CC(C)CCNC(=O)c1ccnnc1SCCC(F)(F)c1ccc(F)cc1. The molecule has 0 aliphatic carbocycles. The number of carbonyl (C=O) groups excluding carboxylic acids is 1. The minimum Gasteiger partial charge on any atom is -0.352 e. The summed E-state index contributed by atoms with van der Waals surface area (Å²) in [6.45, 7) is 4.65. The van der Waals surface area contributed by atoms with E-state index in [2.05, 4.69) is 29.4 Å². The Morgan fingerprint density at radius 1 is 1.22 bits per heavy atom. The van der Waals surface area contributed by atoms with Gasteiger partial charge in [0, 0.05) is 24.3 Å². The number of aromatic nitrogens is 2. The van der Waals surface area contributed by atoms with Gasteiger partial charge in [-0.3, -0.25) is 4.79 Å². The first kappa shape index (κ1) is 21.2. The zero-order valence-corrected chi connectivity index (χ0v) is 16.0. The molecule has 8 heteroatoms. The lowest BCUT2D eigenvalue weighted by Crippen LogP contribution is -2.26. The van der Waals surface area contributed by atoms with Gasteiger partial charge in [-0.2, -0.15) is 5.10 Å². The molecule has 0 atom stereocenters. The Hall–Kier alpha value is -2.09. The van der Waals surface area contributed by atoms with E-state index >= 15 is 0 Å². The van der Waals surface area contributed by atoms with Gasteiger partial charge in [-0.25, -0.2) is 13.2 Å². The van der Waals surface area contributed by atoms with Gasteiger partial charge in [0.2, 0.25) is 0 Å². The van der Waals surface area contributed by atoms with Crippen LogP contribution in [-0.2, 0) is 5.92 Å². The molecule has 1 aromatic carbocycles. The fourth-order valence-electron chi connectivity index (χ4n) is 2.28. The molecule has 0 aliphatic heterocycles. The van der Waals surface area contributed by atoms with Crippen molar-refractivity contribution >= 4 is 17.7 Å². The van der Waals surface area contributed by atoms with E-state index in [4.69, 9.17) is 0 Å². The molecule has 27 heavy (non-hydrogen) atoms. The van der Waals surface area contributed by atoms with Crippen LogP contribution in [-0.4, -0.2) is 28.4 Å². The quantitative estimate of drug-likeness (QED) is 0.625. The van der Waals surface area contributed by atoms with Gasteiger partial charge in [0.25, 0.3) is 11.8 Å². The third-order valence-corrected chi connectivity index (χ3v) is 4.84. The van der Waals surface area contributed by atoms with Gasteiger partial charge in [-0.15, -0.1) is 16.9 Å². The Kier molecular flexibility index (Phi) is 7.65. The average Bonchev–Trinajstić information content (AvgIpc) is 2.62. The smallest absolute Gasteiger partial charge is 0.274 e. The lowest BCUT2D eigenvalue weighted by Gasteiger charge is -2.16. The summed E-state index contributed by atoms with van der Waals surface area (Å²) in [6.07, 6.45) is 1.78. The molecule has 1 heterocycles. The van der Waals surface area contributed by atoms with E-state index in [1.54, 1.807) is 0 Å². The molecule has 2 rings (SSSR count). The fourth-order valence-corrected chi connectivity index (χ4v) is 3.25. The molecule has 1 aromatic heterocycles. The number of hydrogen-bond donors (Lipinski definition) is 1. The molecule has 0 radical (unpaired) electrons. The molecule has 0 bridgehead atoms. The zero-order chi connectivity index (χ0) is 19.9. The lowest BCUT2D eigenvalue weighted by molar-refractivity contribution is -0.00707. The number of amides is 1. The van der Waals surface area contributed by atoms with Crippen molar-refractivity contribution in [1.82, 2.24) is 15.5 Å². The first-order valence-electron chi connectivity index (χ1n) is 8.66. The molecule has 0 aliphatic rings. The van der Waals surface area contributed by atoms with Crippen LogP contribution in [0.25, 0.3) is 0 Å². The number of carbonyl (C=O) groups is 1. The first-order chi connectivity index (χ1) is 12.8. The molecule has 1 amide bonds. The van der Waals surface area contributed by atoms with Gasteiger partial charge in [-0.1, -0.05) is 26.0 Å². The van der Waals surface area contributed by atoms with E-state index in [-0.39, 0.29) is 17.2 Å². The van der Waals surface area contributed by atoms with Gasteiger partial charge in [0.05, 0.1) is 11.8 Å². The number of hydrogen-bond acceptors (Lipinski definition) is 4. The number of rotatable bonds is 9. The third kappa shape index (κ3) is 6.53. The van der Waals surface area contributed by atoms with E-state index < -0.39 is 18.2 Å². The number of alkyl halides is 2. The molecule has 146 valence electrons. The second-order valence-corrected chi connectivity index (χ2v) is 7.58. The second-order valence-electron chi connectivity index (χ2n) is 6.50. The minimum atomic E-state index is -3.09. The summed E-state index contributed by atoms with van der Waals surface area (Å²) in [4.78, 5) is 12.3. The molecular formula is C19H22F3N3OS. The van der Waals surface area contributed by atoms with Crippen LogP contribution in [0, 0.1) is 11.7 Å². The standard InChI is InChI=1S/C19H22F3N3OS/c1-13(2)7-10-23-17(26)16-8-11-24-25-18(16)27-12-9-19(21,22)14-3-5-15(20)6-4-14/h3-6,8,11,13H,7,9-10,12H2,1-2H3,(H,23,26). The largest absolute Gasteiger partial charge is 0.352 e. The van der Waals surface area contributed by atoms with Crippen LogP contribution in [0.15, 0.2) is 41.6 Å². The van der Waals surface area contributed by atoms with Gasteiger partial charge in [0.15, 0.2) is 0 Å². The van der Waals surface area contributed by atoms with Crippen molar-refractivity contribution in [1.29, 1.82) is 0 Å². The van der Waals surface area contributed by atoms with Crippen LogP contribution in [0.1, 0.15) is 42.6 Å². The highest BCUT2D eigenvalue weighted by molar-refractivity contribution is 7.99. The van der Waals surface area contributed by atoms with Crippen molar-refractivity contribution in [3.05, 3.63) is 53.5 Å². The van der Waals surface area contributed by atoms with E-state index in [1.165, 1.54) is 12.3 Å². The van der Waals surface area contributed by atoms with Crippen molar-refractivity contribution in [2.45, 2.75) is 37.6 Å². The van der Waals surface area contributed by atoms with Crippen molar-refractivity contribution in [2.75, 3.05) is 12.3 Å². The second kappa shape index (κ2) is 9.73. The average molecular weight is 397 g/mol. The van der Waals surface area contributed by atoms with Crippen molar-refractivity contribution in [2.24, 2.45) is 5.92 Å². The summed E-state index contributed by atoms with van der Waals surface area (Å²) in [5.41, 5.74) is 0.0825. The minimum absolute atomic E-state index is 0.0370. The molecule has 0 unspecified atom stereocenters. The topological polar surface area (TPSA) is 54.9 Å². The van der Waals surface area contributed by atoms with Gasteiger partial charge < -0.3 is 5.32 Å². The van der Waals surface area contributed by atoms with Crippen LogP contribution >= 0.6 is 11.8 Å². The first-order valence-corrected chi connectivity index (χ1v) is 9.64. The van der Waals surface area contributed by atoms with Crippen LogP contribution in [0.2, 0.25) is 0 Å². The summed E-state index contributed by atoms with van der Waals surface area (Å²) < 4.78 is 41.4. The third-order valence-electron chi connectivity index (χ3n) is 3.86. The fraction of sp³-hybridized carbons (Fsp3) is 0.421. The maximum atomic E-state index is 14.2. The van der Waals surface area contributed by atoms with Gasteiger partial charge >= 0.3 is 0 Å². The predicted molar refractivity (Wildman–Crippen MR) is 99.5 cm³/mol. The number of halogens is 3. The Labute approximate surface area is 161 Å². The Morgan fingerprint density at radius 3 is 2.59 bits per heavy atom.